The lowest BCUT2D eigenvalue weighted by Gasteiger charge is -2.17. The van der Waals surface area contributed by atoms with Crippen molar-refractivity contribution in [2.75, 3.05) is 6.61 Å². The first kappa shape index (κ1) is 11.0. The van der Waals surface area contributed by atoms with Gasteiger partial charge in [0.2, 0.25) is 0 Å². The van der Waals surface area contributed by atoms with Crippen LogP contribution in [-0.4, -0.2) is 17.8 Å². The molecule has 1 atom stereocenters. The van der Waals surface area contributed by atoms with Gasteiger partial charge in [-0.1, -0.05) is 22.0 Å². The Bertz CT molecular complexity index is 354. The van der Waals surface area contributed by atoms with Crippen LogP contribution in [0.4, 0.5) is 4.39 Å². The van der Waals surface area contributed by atoms with Gasteiger partial charge >= 0.3 is 0 Å². The van der Waals surface area contributed by atoms with Crippen molar-refractivity contribution in [1.29, 1.82) is 0 Å². The largest absolute Gasteiger partial charge is 0.394 e. The summed E-state index contributed by atoms with van der Waals surface area (Å²) in [7, 11) is 0. The number of hydrogen-bond donors (Lipinski definition) is 2. The molecule has 0 radical (unpaired) electrons. The molecule has 2 nitrogen and oxygen atoms in total. The van der Waals surface area contributed by atoms with Crippen molar-refractivity contribution in [2.24, 2.45) is 0 Å². The molecule has 2 rings (SSSR count). The van der Waals surface area contributed by atoms with Crippen molar-refractivity contribution in [2.45, 2.75) is 24.9 Å². The number of nitrogens with one attached hydrogen (secondary N) is 1. The van der Waals surface area contributed by atoms with E-state index in [2.05, 4.69) is 21.2 Å². The Morgan fingerprint density at radius 2 is 2.27 bits per heavy atom. The van der Waals surface area contributed by atoms with Gasteiger partial charge in [0.1, 0.15) is 5.82 Å². The van der Waals surface area contributed by atoms with Gasteiger partial charge in [0.25, 0.3) is 0 Å². The molecule has 0 amide bonds. The van der Waals surface area contributed by atoms with Crippen molar-refractivity contribution in [3.05, 3.63) is 34.1 Å². The van der Waals surface area contributed by atoms with Crippen LogP contribution in [0.15, 0.2) is 22.7 Å². The fraction of sp³-hybridized carbons (Fsp3) is 0.455. The maximum absolute atomic E-state index is 12.9. The minimum Gasteiger partial charge on any atom is -0.394 e. The predicted octanol–water partition coefficient (Wildman–Crippen LogP) is 2.37. The number of rotatable bonds is 4. The molecule has 1 aliphatic rings. The Hall–Kier alpha value is -0.450. The maximum atomic E-state index is 12.9. The van der Waals surface area contributed by atoms with E-state index < -0.39 is 0 Å². The summed E-state index contributed by atoms with van der Waals surface area (Å²) in [5.41, 5.74) is 0.908. The zero-order chi connectivity index (χ0) is 10.8. The van der Waals surface area contributed by atoms with Gasteiger partial charge in [-0.2, -0.15) is 0 Å². The van der Waals surface area contributed by atoms with Crippen LogP contribution in [0, 0.1) is 5.82 Å². The average molecular weight is 274 g/mol. The number of aliphatic hydroxyl groups excluding tert-OH is 1. The molecule has 0 saturated heterocycles. The third kappa shape index (κ3) is 2.77. The van der Waals surface area contributed by atoms with Gasteiger partial charge in [-0.3, -0.25) is 0 Å². The Labute approximate surface area is 96.6 Å². The summed E-state index contributed by atoms with van der Waals surface area (Å²) in [6.07, 6.45) is 2.32. The molecule has 15 heavy (non-hydrogen) atoms. The van der Waals surface area contributed by atoms with Crippen LogP contribution in [0.3, 0.4) is 0 Å². The van der Waals surface area contributed by atoms with E-state index in [1.807, 2.05) is 0 Å². The molecule has 0 aromatic heterocycles. The van der Waals surface area contributed by atoms with Gasteiger partial charge in [-0.05, 0) is 30.5 Å². The Morgan fingerprint density at radius 3 is 2.80 bits per heavy atom. The maximum Gasteiger partial charge on any atom is 0.124 e. The molecule has 1 fully saturated rings. The molecule has 4 heteroatoms. The molecule has 82 valence electrons. The highest BCUT2D eigenvalue weighted by molar-refractivity contribution is 9.10. The third-order valence-electron chi connectivity index (χ3n) is 2.53. The van der Waals surface area contributed by atoms with Crippen LogP contribution >= 0.6 is 15.9 Å². The molecule has 1 aromatic carbocycles. The van der Waals surface area contributed by atoms with Crippen molar-refractivity contribution in [1.82, 2.24) is 5.32 Å². The quantitative estimate of drug-likeness (QED) is 0.883. The summed E-state index contributed by atoms with van der Waals surface area (Å²) in [5, 5.41) is 12.6. The molecular weight excluding hydrogens is 261 g/mol. The van der Waals surface area contributed by atoms with E-state index in [1.54, 1.807) is 6.07 Å². The van der Waals surface area contributed by atoms with E-state index in [0.717, 1.165) is 18.4 Å². The summed E-state index contributed by atoms with van der Waals surface area (Å²) < 4.78 is 13.6. The van der Waals surface area contributed by atoms with Crippen LogP contribution < -0.4 is 5.32 Å². The zero-order valence-electron chi connectivity index (χ0n) is 8.21. The molecule has 1 unspecified atom stereocenters. The van der Waals surface area contributed by atoms with E-state index >= 15 is 0 Å². The van der Waals surface area contributed by atoms with E-state index in [0.29, 0.717) is 10.5 Å². The summed E-state index contributed by atoms with van der Waals surface area (Å²) in [6, 6.07) is 4.95. The number of benzene rings is 1. The van der Waals surface area contributed by atoms with Crippen LogP contribution in [-0.2, 0) is 0 Å². The zero-order valence-corrected chi connectivity index (χ0v) is 9.80. The smallest absolute Gasteiger partial charge is 0.124 e. The molecule has 2 N–H and O–H groups in total. The van der Waals surface area contributed by atoms with Gasteiger partial charge in [0, 0.05) is 10.5 Å². The molecule has 1 aliphatic carbocycles. The average Bonchev–Trinajstić information content (AvgIpc) is 2.99. The minimum atomic E-state index is -0.270. The summed E-state index contributed by atoms with van der Waals surface area (Å²) in [5.74, 6) is -0.270. The summed E-state index contributed by atoms with van der Waals surface area (Å²) in [6.45, 7) is 0.0285. The SMILES string of the molecule is OCC(NC1CC1)c1ccc(F)cc1Br. The highest BCUT2D eigenvalue weighted by Crippen LogP contribution is 2.28. The Kier molecular flexibility index (Phi) is 3.38. The van der Waals surface area contributed by atoms with Crippen molar-refractivity contribution >= 4 is 15.9 Å². The highest BCUT2D eigenvalue weighted by Gasteiger charge is 2.25. The van der Waals surface area contributed by atoms with E-state index in [4.69, 9.17) is 0 Å². The second kappa shape index (κ2) is 4.60. The molecular formula is C11H13BrFNO. The van der Waals surface area contributed by atoms with Gasteiger partial charge < -0.3 is 10.4 Å². The predicted molar refractivity (Wildman–Crippen MR) is 60.1 cm³/mol. The van der Waals surface area contributed by atoms with Gasteiger partial charge in [-0.25, -0.2) is 4.39 Å². The van der Waals surface area contributed by atoms with Crippen LogP contribution in [0.1, 0.15) is 24.4 Å². The van der Waals surface area contributed by atoms with Gasteiger partial charge in [0.15, 0.2) is 0 Å². The van der Waals surface area contributed by atoms with Crippen LogP contribution in [0.2, 0.25) is 0 Å². The molecule has 0 spiro atoms. The lowest BCUT2D eigenvalue weighted by molar-refractivity contribution is 0.243. The molecule has 0 heterocycles. The van der Waals surface area contributed by atoms with E-state index in [-0.39, 0.29) is 18.5 Å². The summed E-state index contributed by atoms with van der Waals surface area (Å²) >= 11 is 3.31. The molecule has 0 bridgehead atoms. The topological polar surface area (TPSA) is 32.3 Å². The monoisotopic (exact) mass is 273 g/mol. The van der Waals surface area contributed by atoms with Crippen molar-refractivity contribution in [3.63, 3.8) is 0 Å². The fourth-order valence-electron chi connectivity index (χ4n) is 1.56. The van der Waals surface area contributed by atoms with E-state index in [1.165, 1.54) is 12.1 Å². The first-order valence-corrected chi connectivity index (χ1v) is 5.82. The van der Waals surface area contributed by atoms with Crippen molar-refractivity contribution in [3.8, 4) is 0 Å². The Morgan fingerprint density at radius 1 is 1.53 bits per heavy atom. The second-order valence-corrected chi connectivity index (χ2v) is 4.70. The molecule has 1 saturated carbocycles. The minimum absolute atomic E-state index is 0.0285. The van der Waals surface area contributed by atoms with Crippen LogP contribution in [0.5, 0.6) is 0 Å². The fourth-order valence-corrected chi connectivity index (χ4v) is 2.19. The number of aliphatic hydroxyl groups is 1. The first-order chi connectivity index (χ1) is 7.20. The Balaban J connectivity index is 2.16. The lowest BCUT2D eigenvalue weighted by atomic mass is 10.1. The summed E-state index contributed by atoms with van der Waals surface area (Å²) in [4.78, 5) is 0. The molecule has 0 aliphatic heterocycles. The van der Waals surface area contributed by atoms with Gasteiger partial charge in [-0.15, -0.1) is 0 Å². The first-order valence-electron chi connectivity index (χ1n) is 5.02. The van der Waals surface area contributed by atoms with E-state index in [9.17, 15) is 9.50 Å². The number of halogens is 2. The second-order valence-electron chi connectivity index (χ2n) is 3.84. The highest BCUT2D eigenvalue weighted by atomic mass is 79.9. The van der Waals surface area contributed by atoms with Crippen molar-refractivity contribution < 1.29 is 9.50 Å². The van der Waals surface area contributed by atoms with Gasteiger partial charge in [0.05, 0.1) is 12.6 Å². The number of hydrogen-bond acceptors (Lipinski definition) is 2. The standard InChI is InChI=1S/C11H13BrFNO/c12-10-5-7(13)1-4-9(10)11(6-15)14-8-2-3-8/h1,4-5,8,11,14-15H,2-3,6H2. The molecule has 1 aromatic rings. The normalized spacial score (nSPS) is 17.8. The third-order valence-corrected chi connectivity index (χ3v) is 3.22. The lowest BCUT2D eigenvalue weighted by Crippen LogP contribution is -2.26. The van der Waals surface area contributed by atoms with Crippen LogP contribution in [0.25, 0.3) is 0 Å².